The van der Waals surface area contributed by atoms with E-state index in [4.69, 9.17) is 4.74 Å². The first-order valence-corrected chi connectivity index (χ1v) is 9.13. The van der Waals surface area contributed by atoms with Crippen molar-refractivity contribution in [1.29, 1.82) is 0 Å². The minimum atomic E-state index is -0.00750. The molecule has 0 spiro atoms. The summed E-state index contributed by atoms with van der Waals surface area (Å²) in [4.78, 5) is 17.2. The minimum absolute atomic E-state index is 0.00750. The predicted octanol–water partition coefficient (Wildman–Crippen LogP) is 1.41. The fraction of sp³-hybridized carbons (Fsp3) is 0.632. The Bertz CT molecular complexity index is 598. The Kier molecular flexibility index (Phi) is 4.46. The molecule has 0 radical (unpaired) electrons. The molecule has 3 saturated heterocycles. The Morgan fingerprint density at radius 1 is 1.12 bits per heavy atom. The van der Waals surface area contributed by atoms with Gasteiger partial charge < -0.3 is 15.0 Å². The number of carbonyl (C=O) groups is 1. The van der Waals surface area contributed by atoms with Gasteiger partial charge in [-0.25, -0.2) is 0 Å². The van der Waals surface area contributed by atoms with Crippen LogP contribution in [-0.4, -0.2) is 62.3 Å². The molecule has 5 heteroatoms. The van der Waals surface area contributed by atoms with Crippen molar-refractivity contribution >= 4 is 11.6 Å². The Balaban J connectivity index is 1.41. The number of hydrogen-bond donors (Lipinski definition) is 1. The number of piperidine rings is 1. The maximum Gasteiger partial charge on any atom is 0.227 e. The summed E-state index contributed by atoms with van der Waals surface area (Å²) in [6.07, 6.45) is 2.34. The number of benzene rings is 1. The lowest BCUT2D eigenvalue weighted by molar-refractivity contribution is -0.125. The van der Waals surface area contributed by atoms with Crippen molar-refractivity contribution < 1.29 is 9.53 Å². The normalized spacial score (nSPS) is 29.2. The quantitative estimate of drug-likeness (QED) is 0.891. The van der Waals surface area contributed by atoms with Crippen LogP contribution in [0.3, 0.4) is 0 Å². The van der Waals surface area contributed by atoms with E-state index in [0.717, 1.165) is 26.2 Å². The van der Waals surface area contributed by atoms with E-state index in [1.54, 1.807) is 0 Å². The van der Waals surface area contributed by atoms with Crippen molar-refractivity contribution in [2.24, 2.45) is 5.92 Å². The second-order valence-electron chi connectivity index (χ2n) is 7.40. The molecule has 24 heavy (non-hydrogen) atoms. The SMILES string of the molecule is Cc1ccccc1N1CCC(N2C[C@H]3COC[C@@H](C2)C(=O)N3)CC1. The van der Waals surface area contributed by atoms with Gasteiger partial charge in [-0.15, -0.1) is 0 Å². The summed E-state index contributed by atoms with van der Waals surface area (Å²) in [5.74, 6) is 0.171. The van der Waals surface area contributed by atoms with Crippen LogP contribution in [-0.2, 0) is 9.53 Å². The lowest BCUT2D eigenvalue weighted by Gasteiger charge is -2.41. The van der Waals surface area contributed by atoms with Gasteiger partial charge in [0, 0.05) is 37.9 Å². The average molecular weight is 329 g/mol. The molecule has 3 aliphatic heterocycles. The Hall–Kier alpha value is -1.59. The lowest BCUT2D eigenvalue weighted by atomic mass is 9.99. The summed E-state index contributed by atoms with van der Waals surface area (Å²) in [5.41, 5.74) is 2.72. The van der Waals surface area contributed by atoms with Crippen molar-refractivity contribution in [3.8, 4) is 0 Å². The van der Waals surface area contributed by atoms with Crippen molar-refractivity contribution in [3.63, 3.8) is 0 Å². The molecule has 1 N–H and O–H groups in total. The highest BCUT2D eigenvalue weighted by atomic mass is 16.5. The fourth-order valence-corrected chi connectivity index (χ4v) is 4.35. The van der Waals surface area contributed by atoms with E-state index in [9.17, 15) is 4.79 Å². The molecule has 2 atom stereocenters. The number of carbonyl (C=O) groups excluding carboxylic acids is 1. The number of nitrogens with zero attached hydrogens (tertiary/aromatic N) is 2. The highest BCUT2D eigenvalue weighted by Gasteiger charge is 2.36. The lowest BCUT2D eigenvalue weighted by Crippen LogP contribution is -2.50. The molecule has 0 aliphatic carbocycles. The molecule has 1 amide bonds. The van der Waals surface area contributed by atoms with E-state index in [-0.39, 0.29) is 17.9 Å². The molecule has 3 aliphatic rings. The maximum atomic E-state index is 12.2. The van der Waals surface area contributed by atoms with Crippen LogP contribution in [0.2, 0.25) is 0 Å². The standard InChI is InChI=1S/C19H27N3O2/c1-14-4-2-3-5-18(14)21-8-6-17(7-9-21)22-10-15-12-24-13-16(11-22)20-19(15)23/h2-5,15-17H,6-13H2,1H3,(H,20,23)/t15-,16+/m1/s1. The number of fused-ring (bicyclic) bond motifs is 3. The number of nitrogens with one attached hydrogen (secondary N) is 1. The van der Waals surface area contributed by atoms with Crippen LogP contribution in [0.5, 0.6) is 0 Å². The second kappa shape index (κ2) is 6.73. The molecular weight excluding hydrogens is 302 g/mol. The van der Waals surface area contributed by atoms with E-state index < -0.39 is 0 Å². The van der Waals surface area contributed by atoms with E-state index in [2.05, 4.69) is 46.3 Å². The van der Waals surface area contributed by atoms with E-state index in [1.807, 2.05) is 0 Å². The van der Waals surface area contributed by atoms with Gasteiger partial charge in [0.05, 0.1) is 25.2 Å². The molecule has 3 heterocycles. The van der Waals surface area contributed by atoms with Gasteiger partial charge in [0.15, 0.2) is 0 Å². The van der Waals surface area contributed by atoms with E-state index in [0.29, 0.717) is 19.3 Å². The molecule has 0 unspecified atom stereocenters. The largest absolute Gasteiger partial charge is 0.378 e. The van der Waals surface area contributed by atoms with Crippen LogP contribution < -0.4 is 10.2 Å². The van der Waals surface area contributed by atoms with Crippen molar-refractivity contribution in [1.82, 2.24) is 10.2 Å². The molecule has 4 rings (SSSR count). The Morgan fingerprint density at radius 3 is 2.71 bits per heavy atom. The van der Waals surface area contributed by atoms with E-state index >= 15 is 0 Å². The molecule has 2 bridgehead atoms. The highest BCUT2D eigenvalue weighted by molar-refractivity contribution is 5.80. The van der Waals surface area contributed by atoms with Crippen LogP contribution in [0.15, 0.2) is 24.3 Å². The summed E-state index contributed by atoms with van der Waals surface area (Å²) in [5, 5.41) is 3.14. The fourth-order valence-electron chi connectivity index (χ4n) is 4.35. The van der Waals surface area contributed by atoms with Crippen molar-refractivity contribution in [3.05, 3.63) is 29.8 Å². The van der Waals surface area contributed by atoms with Crippen LogP contribution in [0.25, 0.3) is 0 Å². The van der Waals surface area contributed by atoms with Crippen molar-refractivity contribution in [2.45, 2.75) is 31.8 Å². The average Bonchev–Trinajstić information content (AvgIpc) is 2.84. The third-order valence-corrected chi connectivity index (χ3v) is 5.70. The number of anilines is 1. The first kappa shape index (κ1) is 15.9. The molecule has 130 valence electrons. The molecule has 0 aromatic heterocycles. The Labute approximate surface area is 144 Å². The Morgan fingerprint density at radius 2 is 1.92 bits per heavy atom. The number of hydrogen-bond acceptors (Lipinski definition) is 4. The number of aryl methyl sites for hydroxylation is 1. The van der Waals surface area contributed by atoms with E-state index in [1.165, 1.54) is 24.1 Å². The molecule has 1 aromatic carbocycles. The summed E-state index contributed by atoms with van der Waals surface area (Å²) in [7, 11) is 0. The number of amides is 1. The van der Waals surface area contributed by atoms with Crippen LogP contribution in [0.4, 0.5) is 5.69 Å². The maximum absolute atomic E-state index is 12.2. The van der Waals surface area contributed by atoms with Gasteiger partial charge in [-0.2, -0.15) is 0 Å². The van der Waals surface area contributed by atoms with Gasteiger partial charge in [-0.05, 0) is 31.4 Å². The van der Waals surface area contributed by atoms with Gasteiger partial charge in [0.25, 0.3) is 0 Å². The van der Waals surface area contributed by atoms with Crippen LogP contribution in [0.1, 0.15) is 18.4 Å². The number of rotatable bonds is 2. The summed E-state index contributed by atoms with van der Waals surface area (Å²) < 4.78 is 5.64. The third kappa shape index (κ3) is 3.15. The van der Waals surface area contributed by atoms with Gasteiger partial charge in [-0.1, -0.05) is 18.2 Å². The van der Waals surface area contributed by atoms with Gasteiger partial charge >= 0.3 is 0 Å². The predicted molar refractivity (Wildman–Crippen MR) is 94.2 cm³/mol. The topological polar surface area (TPSA) is 44.8 Å². The number of para-hydroxylation sites is 1. The molecule has 1 aromatic rings. The molecular formula is C19H27N3O2. The van der Waals surface area contributed by atoms with Crippen LogP contribution in [0, 0.1) is 12.8 Å². The smallest absolute Gasteiger partial charge is 0.227 e. The summed E-state index contributed by atoms with van der Waals surface area (Å²) in [6, 6.07) is 9.39. The third-order valence-electron chi connectivity index (χ3n) is 5.70. The monoisotopic (exact) mass is 329 g/mol. The first-order chi connectivity index (χ1) is 11.7. The zero-order valence-corrected chi connectivity index (χ0v) is 14.4. The summed E-state index contributed by atoms with van der Waals surface area (Å²) in [6.45, 7) is 7.38. The molecule has 0 saturated carbocycles. The van der Waals surface area contributed by atoms with Crippen molar-refractivity contribution in [2.75, 3.05) is 44.3 Å². The number of ether oxygens (including phenoxy) is 1. The molecule has 3 fully saturated rings. The van der Waals surface area contributed by atoms with Gasteiger partial charge in [0.2, 0.25) is 5.91 Å². The van der Waals surface area contributed by atoms with Gasteiger partial charge in [0.1, 0.15) is 0 Å². The van der Waals surface area contributed by atoms with Gasteiger partial charge in [-0.3, -0.25) is 9.69 Å². The zero-order valence-electron chi connectivity index (χ0n) is 14.4. The summed E-state index contributed by atoms with van der Waals surface area (Å²) >= 11 is 0. The highest BCUT2D eigenvalue weighted by Crippen LogP contribution is 2.27. The first-order valence-electron chi connectivity index (χ1n) is 9.13. The second-order valence-corrected chi connectivity index (χ2v) is 7.40. The van der Waals surface area contributed by atoms with Crippen LogP contribution >= 0.6 is 0 Å². The minimum Gasteiger partial charge on any atom is -0.378 e. The zero-order chi connectivity index (χ0) is 16.5. The molecule has 5 nitrogen and oxygen atoms in total.